The molecule has 1 amide bonds. The Labute approximate surface area is 103 Å². The third-order valence-electron chi connectivity index (χ3n) is 2.80. The molecule has 0 atom stereocenters. The minimum Gasteiger partial charge on any atom is -0.510 e. The number of hydrogen-bond donors (Lipinski definition) is 2. The van der Waals surface area contributed by atoms with Crippen molar-refractivity contribution >= 4 is 21.6 Å². The smallest absolute Gasteiger partial charge is 0.283 e. The number of amides is 1. The zero-order chi connectivity index (χ0) is 12.9. The molecule has 0 fully saturated rings. The Kier molecular flexibility index (Phi) is 2.09. The second-order valence-electron chi connectivity index (χ2n) is 3.92. The molecular formula is C11H8N2O4S. The number of nitrogens with zero attached hydrogens (tertiary/aromatic N) is 1. The number of aliphatic hydroxyl groups is 1. The first-order valence-corrected chi connectivity index (χ1v) is 6.60. The van der Waals surface area contributed by atoms with Crippen molar-refractivity contribution in [2.24, 2.45) is 4.40 Å². The summed E-state index contributed by atoms with van der Waals surface area (Å²) in [6.07, 6.45) is 0. The third-order valence-corrected chi connectivity index (χ3v) is 4.14. The van der Waals surface area contributed by atoms with Crippen molar-refractivity contribution in [1.82, 2.24) is 5.32 Å². The van der Waals surface area contributed by atoms with E-state index in [-0.39, 0.29) is 28.5 Å². The minimum atomic E-state index is -3.78. The van der Waals surface area contributed by atoms with Crippen molar-refractivity contribution in [2.75, 3.05) is 6.54 Å². The van der Waals surface area contributed by atoms with Crippen molar-refractivity contribution < 1.29 is 18.3 Å². The number of sulfonamides is 1. The highest BCUT2D eigenvalue weighted by Gasteiger charge is 2.36. The Morgan fingerprint density at radius 3 is 2.67 bits per heavy atom. The van der Waals surface area contributed by atoms with Crippen molar-refractivity contribution in [3.63, 3.8) is 0 Å². The number of aliphatic hydroxyl groups excluding tert-OH is 1. The summed E-state index contributed by atoms with van der Waals surface area (Å²) in [4.78, 5) is 11.6. The Morgan fingerprint density at radius 1 is 1.28 bits per heavy atom. The van der Waals surface area contributed by atoms with Crippen LogP contribution in [0.15, 0.2) is 44.9 Å². The molecule has 2 aliphatic heterocycles. The molecule has 18 heavy (non-hydrogen) atoms. The molecule has 0 saturated carbocycles. The van der Waals surface area contributed by atoms with E-state index in [4.69, 9.17) is 0 Å². The van der Waals surface area contributed by atoms with Gasteiger partial charge in [-0.2, -0.15) is 12.8 Å². The topological polar surface area (TPSA) is 95.8 Å². The van der Waals surface area contributed by atoms with Gasteiger partial charge in [-0.25, -0.2) is 0 Å². The Hall–Kier alpha value is -2.15. The van der Waals surface area contributed by atoms with Crippen LogP contribution in [0, 0.1) is 0 Å². The fourth-order valence-electron chi connectivity index (χ4n) is 2.00. The van der Waals surface area contributed by atoms with Gasteiger partial charge in [0.05, 0.1) is 11.4 Å². The SMILES string of the molecule is O=C1NCC(O)=C1C1=NS(=O)(=O)c2ccccc21. The summed E-state index contributed by atoms with van der Waals surface area (Å²) in [5.74, 6) is -0.705. The lowest BCUT2D eigenvalue weighted by molar-refractivity contribution is -0.116. The lowest BCUT2D eigenvalue weighted by Crippen LogP contribution is -2.21. The van der Waals surface area contributed by atoms with Crippen LogP contribution < -0.4 is 5.32 Å². The molecular weight excluding hydrogens is 256 g/mol. The highest BCUT2D eigenvalue weighted by Crippen LogP contribution is 2.30. The van der Waals surface area contributed by atoms with Gasteiger partial charge in [-0.05, 0) is 6.07 Å². The Morgan fingerprint density at radius 2 is 2.00 bits per heavy atom. The van der Waals surface area contributed by atoms with Crippen LogP contribution in [0.4, 0.5) is 0 Å². The van der Waals surface area contributed by atoms with Crippen molar-refractivity contribution in [1.29, 1.82) is 0 Å². The monoisotopic (exact) mass is 264 g/mol. The van der Waals surface area contributed by atoms with Crippen LogP contribution in [0.25, 0.3) is 0 Å². The van der Waals surface area contributed by atoms with Gasteiger partial charge >= 0.3 is 0 Å². The van der Waals surface area contributed by atoms with Gasteiger partial charge in [0.15, 0.2) is 0 Å². The summed E-state index contributed by atoms with van der Waals surface area (Å²) in [6.45, 7) is -0.00456. The maximum Gasteiger partial charge on any atom is 0.283 e. The van der Waals surface area contributed by atoms with Gasteiger partial charge in [0.1, 0.15) is 17.0 Å². The zero-order valence-corrected chi connectivity index (χ0v) is 9.86. The molecule has 0 spiro atoms. The van der Waals surface area contributed by atoms with Crippen LogP contribution in [0.5, 0.6) is 0 Å². The number of benzene rings is 1. The summed E-state index contributed by atoms with van der Waals surface area (Å²) < 4.78 is 27.2. The van der Waals surface area contributed by atoms with E-state index < -0.39 is 15.9 Å². The fraction of sp³-hybridized carbons (Fsp3) is 0.0909. The van der Waals surface area contributed by atoms with E-state index in [9.17, 15) is 18.3 Å². The molecule has 1 aromatic rings. The highest BCUT2D eigenvalue weighted by atomic mass is 32.2. The lowest BCUT2D eigenvalue weighted by atomic mass is 10.0. The van der Waals surface area contributed by atoms with E-state index in [2.05, 4.69) is 9.71 Å². The van der Waals surface area contributed by atoms with Gasteiger partial charge in [0.2, 0.25) is 0 Å². The van der Waals surface area contributed by atoms with Crippen molar-refractivity contribution in [2.45, 2.75) is 4.90 Å². The number of fused-ring (bicyclic) bond motifs is 1. The average Bonchev–Trinajstić information content (AvgIpc) is 2.79. The van der Waals surface area contributed by atoms with E-state index in [1.54, 1.807) is 18.2 Å². The molecule has 2 heterocycles. The molecule has 2 aliphatic rings. The molecule has 0 aromatic heterocycles. The van der Waals surface area contributed by atoms with Crippen molar-refractivity contribution in [3.8, 4) is 0 Å². The quantitative estimate of drug-likeness (QED) is 0.753. The number of rotatable bonds is 1. The molecule has 0 unspecified atom stereocenters. The second-order valence-corrected chi connectivity index (χ2v) is 5.49. The molecule has 1 aromatic carbocycles. The Bertz CT molecular complexity index is 731. The van der Waals surface area contributed by atoms with Gasteiger partial charge in [0, 0.05) is 5.56 Å². The number of nitrogens with one attached hydrogen (secondary N) is 1. The van der Waals surface area contributed by atoms with Crippen LogP contribution in [0.1, 0.15) is 5.56 Å². The normalized spacial score (nSPS) is 20.7. The summed E-state index contributed by atoms with van der Waals surface area (Å²) in [5, 5.41) is 12.1. The summed E-state index contributed by atoms with van der Waals surface area (Å²) in [6, 6.07) is 6.22. The maximum absolute atomic E-state index is 11.8. The van der Waals surface area contributed by atoms with E-state index in [0.29, 0.717) is 5.56 Å². The molecule has 6 nitrogen and oxygen atoms in total. The van der Waals surface area contributed by atoms with Gasteiger partial charge in [-0.3, -0.25) is 4.79 Å². The van der Waals surface area contributed by atoms with E-state index in [0.717, 1.165) is 0 Å². The van der Waals surface area contributed by atoms with E-state index in [1.165, 1.54) is 6.07 Å². The van der Waals surface area contributed by atoms with Crippen LogP contribution in [0.3, 0.4) is 0 Å². The first-order valence-electron chi connectivity index (χ1n) is 5.16. The average molecular weight is 264 g/mol. The largest absolute Gasteiger partial charge is 0.510 e. The van der Waals surface area contributed by atoms with Gasteiger partial charge in [-0.1, -0.05) is 18.2 Å². The number of carbonyl (C=O) groups is 1. The van der Waals surface area contributed by atoms with Gasteiger partial charge in [-0.15, -0.1) is 0 Å². The molecule has 7 heteroatoms. The second kappa shape index (κ2) is 3.42. The Balaban J connectivity index is 2.28. The molecule has 0 saturated heterocycles. The molecule has 0 radical (unpaired) electrons. The molecule has 2 N–H and O–H groups in total. The fourth-order valence-corrected chi connectivity index (χ4v) is 3.22. The van der Waals surface area contributed by atoms with Gasteiger partial charge < -0.3 is 10.4 Å². The van der Waals surface area contributed by atoms with Crippen LogP contribution in [0.2, 0.25) is 0 Å². The van der Waals surface area contributed by atoms with Crippen LogP contribution in [-0.2, 0) is 14.8 Å². The minimum absolute atomic E-state index is 0.00456. The zero-order valence-electron chi connectivity index (χ0n) is 9.04. The standard InChI is InChI=1S/C11H8N2O4S/c14-7-5-12-11(15)9(7)10-6-3-1-2-4-8(6)18(16,17)13-10/h1-4,14H,5H2,(H,12,15). The van der Waals surface area contributed by atoms with E-state index in [1.807, 2.05) is 0 Å². The predicted octanol–water partition coefficient (Wildman–Crippen LogP) is 0.120. The first-order chi connectivity index (χ1) is 8.50. The third kappa shape index (κ3) is 1.37. The van der Waals surface area contributed by atoms with Crippen molar-refractivity contribution in [3.05, 3.63) is 41.2 Å². The lowest BCUT2D eigenvalue weighted by Gasteiger charge is -2.01. The molecule has 92 valence electrons. The first kappa shape index (κ1) is 11.0. The van der Waals surface area contributed by atoms with E-state index >= 15 is 0 Å². The number of carbonyl (C=O) groups excluding carboxylic acids is 1. The highest BCUT2D eigenvalue weighted by molar-refractivity contribution is 7.90. The van der Waals surface area contributed by atoms with Crippen LogP contribution >= 0.6 is 0 Å². The maximum atomic E-state index is 11.8. The summed E-state index contributed by atoms with van der Waals surface area (Å²) in [7, 11) is -3.78. The molecule has 0 aliphatic carbocycles. The summed E-state index contributed by atoms with van der Waals surface area (Å²) in [5.41, 5.74) is 0.290. The van der Waals surface area contributed by atoms with Gasteiger partial charge in [0.25, 0.3) is 15.9 Å². The van der Waals surface area contributed by atoms with Crippen LogP contribution in [-0.4, -0.2) is 31.7 Å². The predicted molar refractivity (Wildman–Crippen MR) is 62.8 cm³/mol. The molecule has 0 bridgehead atoms. The summed E-state index contributed by atoms with van der Waals surface area (Å²) >= 11 is 0. The number of hydrogen-bond acceptors (Lipinski definition) is 4. The molecule has 3 rings (SSSR count).